The molecule has 0 radical (unpaired) electrons. The summed E-state index contributed by atoms with van der Waals surface area (Å²) in [6.45, 7) is 4.67. The maximum absolute atomic E-state index is 13.8. The summed E-state index contributed by atoms with van der Waals surface area (Å²) in [5, 5.41) is 9.83. The zero-order valence-electron chi connectivity index (χ0n) is 20.2. The highest BCUT2D eigenvalue weighted by Crippen LogP contribution is 2.35. The number of fused-ring (bicyclic) bond motifs is 1. The van der Waals surface area contributed by atoms with Gasteiger partial charge in [0, 0.05) is 16.6 Å². The van der Waals surface area contributed by atoms with Crippen molar-refractivity contribution >= 4 is 23.5 Å². The normalized spacial score (nSPS) is 25.2. The van der Waals surface area contributed by atoms with Crippen LogP contribution < -0.4 is 4.74 Å². The maximum atomic E-state index is 13.8. The Bertz CT molecular complexity index is 1160. The Morgan fingerprint density at radius 2 is 1.92 bits per heavy atom. The van der Waals surface area contributed by atoms with E-state index < -0.39 is 17.4 Å². The number of hydrogen-bond donors (Lipinski definition) is 1. The summed E-state index contributed by atoms with van der Waals surface area (Å²) in [6.07, 6.45) is 3.20. The monoisotopic (exact) mass is 516 g/mol. The van der Waals surface area contributed by atoms with E-state index in [2.05, 4.69) is 4.90 Å². The van der Waals surface area contributed by atoms with Crippen LogP contribution in [0.2, 0.25) is 5.02 Å². The third-order valence-corrected chi connectivity index (χ3v) is 8.02. The molecule has 2 saturated heterocycles. The predicted molar refractivity (Wildman–Crippen MR) is 132 cm³/mol. The molecule has 1 amide bonds. The molecule has 2 fully saturated rings. The Labute approximate surface area is 214 Å². The Hall–Kier alpha value is -2.68. The van der Waals surface area contributed by atoms with Crippen LogP contribution >= 0.6 is 11.6 Å². The fourth-order valence-corrected chi connectivity index (χ4v) is 5.76. The number of halogens is 2. The van der Waals surface area contributed by atoms with Gasteiger partial charge in [0.25, 0.3) is 5.91 Å². The Morgan fingerprint density at radius 1 is 1.14 bits per heavy atom. The quantitative estimate of drug-likeness (QED) is 0.636. The van der Waals surface area contributed by atoms with Gasteiger partial charge >= 0.3 is 5.97 Å². The van der Waals surface area contributed by atoms with Crippen molar-refractivity contribution in [2.45, 2.75) is 56.7 Å². The summed E-state index contributed by atoms with van der Waals surface area (Å²) >= 11 is 6.11. The highest BCUT2D eigenvalue weighted by molar-refractivity contribution is 6.30. The zero-order valence-corrected chi connectivity index (χ0v) is 21.0. The lowest BCUT2D eigenvalue weighted by atomic mass is 9.86. The zero-order chi connectivity index (χ0) is 25.4. The van der Waals surface area contributed by atoms with Crippen LogP contribution in [0.5, 0.6) is 5.75 Å². The van der Waals surface area contributed by atoms with Crippen LogP contribution in [0.1, 0.15) is 60.0 Å². The lowest BCUT2D eigenvalue weighted by molar-refractivity contribution is -0.172. The van der Waals surface area contributed by atoms with Crippen molar-refractivity contribution in [3.05, 3.63) is 63.9 Å². The molecule has 2 atom stereocenters. The van der Waals surface area contributed by atoms with Crippen LogP contribution in [0.15, 0.2) is 36.4 Å². The first-order chi connectivity index (χ1) is 17.2. The lowest BCUT2D eigenvalue weighted by Gasteiger charge is -2.45. The number of carboxylic acids is 1. The molecule has 0 aliphatic carbocycles. The van der Waals surface area contributed by atoms with E-state index in [9.17, 15) is 19.1 Å². The third kappa shape index (κ3) is 4.94. The molecule has 2 aromatic carbocycles. The van der Waals surface area contributed by atoms with E-state index >= 15 is 0 Å². The fraction of sp³-hybridized carbons (Fsp3) is 0.481. The summed E-state index contributed by atoms with van der Waals surface area (Å²) < 4.78 is 25.7. The van der Waals surface area contributed by atoms with Crippen LogP contribution in [-0.4, -0.2) is 64.9 Å². The largest absolute Gasteiger partial charge is 0.478 e. The minimum atomic E-state index is -1.24. The number of piperidine rings is 1. The molecule has 2 aromatic rings. The second kappa shape index (κ2) is 10.00. The molecule has 1 N–H and O–H groups in total. The molecule has 0 spiro atoms. The van der Waals surface area contributed by atoms with Gasteiger partial charge in [-0.25, -0.2) is 9.18 Å². The van der Waals surface area contributed by atoms with E-state index in [0.29, 0.717) is 24.6 Å². The lowest BCUT2D eigenvalue weighted by Crippen LogP contribution is -2.56. The van der Waals surface area contributed by atoms with E-state index in [1.165, 1.54) is 12.1 Å². The first kappa shape index (κ1) is 25.0. The van der Waals surface area contributed by atoms with Gasteiger partial charge in [0.1, 0.15) is 17.2 Å². The first-order valence-electron chi connectivity index (χ1n) is 12.3. The number of amides is 1. The minimum absolute atomic E-state index is 0.0733. The van der Waals surface area contributed by atoms with E-state index in [1.807, 2.05) is 19.1 Å². The second-order valence-electron chi connectivity index (χ2n) is 10.1. The van der Waals surface area contributed by atoms with Gasteiger partial charge in [-0.3, -0.25) is 9.69 Å². The summed E-state index contributed by atoms with van der Waals surface area (Å²) in [5.74, 6) is -1.07. The second-order valence-corrected chi connectivity index (χ2v) is 10.6. The van der Waals surface area contributed by atoms with Crippen molar-refractivity contribution in [2.75, 3.05) is 26.4 Å². The van der Waals surface area contributed by atoms with Crippen LogP contribution in [-0.2, 0) is 16.1 Å². The van der Waals surface area contributed by atoms with Gasteiger partial charge in [0.15, 0.2) is 6.73 Å². The Morgan fingerprint density at radius 3 is 2.61 bits per heavy atom. The SMILES string of the molecule is C[C@]1(C(=O)N2COc3ccc(Cl)cc3C2)CC[C@@H](N2CCC(c3ccc(F)c(C(=O)O)c3)CC2)CO1. The fourth-order valence-electron chi connectivity index (χ4n) is 5.57. The first-order valence-corrected chi connectivity index (χ1v) is 12.7. The van der Waals surface area contributed by atoms with Gasteiger partial charge in [-0.2, -0.15) is 0 Å². The molecule has 3 aliphatic heterocycles. The molecule has 36 heavy (non-hydrogen) atoms. The number of carbonyl (C=O) groups excluding carboxylic acids is 1. The molecule has 7 nitrogen and oxygen atoms in total. The van der Waals surface area contributed by atoms with Crippen molar-refractivity contribution in [3.63, 3.8) is 0 Å². The molecule has 5 rings (SSSR count). The van der Waals surface area contributed by atoms with Gasteiger partial charge < -0.3 is 19.5 Å². The maximum Gasteiger partial charge on any atom is 0.338 e. The predicted octanol–water partition coefficient (Wildman–Crippen LogP) is 4.67. The molecular formula is C27H30ClFN2O5. The van der Waals surface area contributed by atoms with E-state index in [4.69, 9.17) is 21.1 Å². The number of benzene rings is 2. The van der Waals surface area contributed by atoms with Crippen molar-refractivity contribution in [2.24, 2.45) is 0 Å². The highest BCUT2D eigenvalue weighted by atomic mass is 35.5. The standard InChI is InChI=1S/C27H30ClFN2O5/c1-27(26(34)31-14-19-12-20(28)3-5-24(19)35-16-31)9-6-21(15-36-27)30-10-7-17(8-11-30)18-2-4-23(29)22(13-18)25(32)33/h2-5,12-13,17,21H,6-11,14-16H2,1H3,(H,32,33)/t21-,27-/m1/s1. The molecule has 3 heterocycles. The summed E-state index contributed by atoms with van der Waals surface area (Å²) in [6, 6.07) is 10.1. The molecular weight excluding hydrogens is 487 g/mol. The number of likely N-dealkylation sites (tertiary alicyclic amines) is 1. The van der Waals surface area contributed by atoms with E-state index in [-0.39, 0.29) is 30.2 Å². The molecule has 192 valence electrons. The van der Waals surface area contributed by atoms with Crippen LogP contribution in [0, 0.1) is 5.82 Å². The number of rotatable bonds is 4. The molecule has 0 bridgehead atoms. The van der Waals surface area contributed by atoms with Crippen molar-refractivity contribution in [1.82, 2.24) is 9.80 Å². The van der Waals surface area contributed by atoms with Gasteiger partial charge in [0.05, 0.1) is 18.7 Å². The number of ether oxygens (including phenoxy) is 2. The highest BCUT2D eigenvalue weighted by Gasteiger charge is 2.43. The topological polar surface area (TPSA) is 79.3 Å². The minimum Gasteiger partial charge on any atom is -0.478 e. The molecule has 3 aliphatic rings. The Kier molecular flexibility index (Phi) is 6.94. The van der Waals surface area contributed by atoms with Gasteiger partial charge in [-0.1, -0.05) is 17.7 Å². The molecule has 9 heteroatoms. The Balaban J connectivity index is 1.15. The number of hydrogen-bond acceptors (Lipinski definition) is 5. The van der Waals surface area contributed by atoms with E-state index in [1.54, 1.807) is 17.0 Å². The summed E-state index contributed by atoms with van der Waals surface area (Å²) in [7, 11) is 0. The average molecular weight is 517 g/mol. The smallest absolute Gasteiger partial charge is 0.338 e. The van der Waals surface area contributed by atoms with E-state index in [0.717, 1.165) is 49.2 Å². The average Bonchev–Trinajstić information content (AvgIpc) is 2.88. The van der Waals surface area contributed by atoms with Crippen LogP contribution in [0.4, 0.5) is 4.39 Å². The van der Waals surface area contributed by atoms with Crippen LogP contribution in [0.25, 0.3) is 0 Å². The number of aromatic carboxylic acids is 1. The molecule has 0 aromatic heterocycles. The molecule has 0 unspecified atom stereocenters. The number of nitrogens with zero attached hydrogens (tertiary/aromatic N) is 2. The van der Waals surface area contributed by atoms with Gasteiger partial charge in [-0.15, -0.1) is 0 Å². The number of carboxylic acid groups (broad SMARTS) is 1. The number of carbonyl (C=O) groups is 2. The van der Waals surface area contributed by atoms with Crippen molar-refractivity contribution in [3.8, 4) is 5.75 Å². The third-order valence-electron chi connectivity index (χ3n) is 7.79. The summed E-state index contributed by atoms with van der Waals surface area (Å²) in [4.78, 5) is 28.7. The van der Waals surface area contributed by atoms with Crippen LogP contribution in [0.3, 0.4) is 0 Å². The van der Waals surface area contributed by atoms with Gasteiger partial charge in [0.2, 0.25) is 0 Å². The molecule has 0 saturated carbocycles. The van der Waals surface area contributed by atoms with Gasteiger partial charge in [-0.05, 0) is 87.5 Å². The van der Waals surface area contributed by atoms with Crippen molar-refractivity contribution in [1.29, 1.82) is 0 Å². The summed E-state index contributed by atoms with van der Waals surface area (Å²) in [5.41, 5.74) is 0.595. The van der Waals surface area contributed by atoms with Crippen molar-refractivity contribution < 1.29 is 28.6 Å².